The van der Waals surface area contributed by atoms with Crippen molar-refractivity contribution >= 4 is 23.2 Å². The van der Waals surface area contributed by atoms with Crippen molar-refractivity contribution in [2.75, 3.05) is 37.7 Å². The average molecular weight is 443 g/mol. The number of ether oxygens (including phenoxy) is 1. The highest BCUT2D eigenvalue weighted by atomic mass is 35.5. The SMILES string of the molecule is O=C(COc1ccccc1F)N1CCN(c2cnn(-c3ccccc3)c(=O)c2Cl)CC1. The Balaban J connectivity index is 1.38. The van der Waals surface area contributed by atoms with Gasteiger partial charge in [0.05, 0.1) is 17.6 Å². The second-order valence-electron chi connectivity index (χ2n) is 6.98. The van der Waals surface area contributed by atoms with Crippen LogP contribution >= 0.6 is 11.6 Å². The molecular formula is C22H20ClFN4O3. The number of anilines is 1. The topological polar surface area (TPSA) is 67.7 Å². The zero-order valence-corrected chi connectivity index (χ0v) is 17.3. The maximum atomic E-state index is 13.6. The van der Waals surface area contributed by atoms with Gasteiger partial charge in [0.15, 0.2) is 18.2 Å². The number of carbonyl (C=O) groups is 1. The minimum absolute atomic E-state index is 0.0475. The number of benzene rings is 2. The Morgan fingerprint density at radius 3 is 2.42 bits per heavy atom. The lowest BCUT2D eigenvalue weighted by Crippen LogP contribution is -2.50. The fourth-order valence-electron chi connectivity index (χ4n) is 3.39. The second-order valence-corrected chi connectivity index (χ2v) is 7.36. The molecule has 31 heavy (non-hydrogen) atoms. The molecular weight excluding hydrogens is 423 g/mol. The van der Waals surface area contributed by atoms with Crippen LogP contribution in [-0.2, 0) is 4.79 Å². The molecule has 1 amide bonds. The molecule has 0 radical (unpaired) electrons. The van der Waals surface area contributed by atoms with Crippen LogP contribution in [0.1, 0.15) is 0 Å². The van der Waals surface area contributed by atoms with Crippen LogP contribution in [0.25, 0.3) is 5.69 Å². The van der Waals surface area contributed by atoms with Crippen LogP contribution in [0.2, 0.25) is 5.02 Å². The number of hydrogen-bond donors (Lipinski definition) is 0. The second kappa shape index (κ2) is 9.18. The summed E-state index contributed by atoms with van der Waals surface area (Å²) in [5.41, 5.74) is 0.766. The van der Waals surface area contributed by atoms with Gasteiger partial charge in [-0.05, 0) is 24.3 Å². The van der Waals surface area contributed by atoms with Gasteiger partial charge in [-0.3, -0.25) is 9.59 Å². The van der Waals surface area contributed by atoms with Gasteiger partial charge in [0.25, 0.3) is 11.5 Å². The minimum atomic E-state index is -0.507. The smallest absolute Gasteiger partial charge is 0.292 e. The van der Waals surface area contributed by atoms with Crippen LogP contribution in [0.15, 0.2) is 65.6 Å². The molecule has 1 saturated heterocycles. The molecule has 1 aliphatic heterocycles. The van der Waals surface area contributed by atoms with Gasteiger partial charge in [-0.25, -0.2) is 4.39 Å². The highest BCUT2D eigenvalue weighted by molar-refractivity contribution is 6.33. The number of piperazine rings is 1. The first-order valence-electron chi connectivity index (χ1n) is 9.78. The van der Waals surface area contributed by atoms with E-state index in [4.69, 9.17) is 16.3 Å². The molecule has 0 unspecified atom stereocenters. The van der Waals surface area contributed by atoms with E-state index in [1.165, 1.54) is 16.8 Å². The lowest BCUT2D eigenvalue weighted by Gasteiger charge is -2.36. The Hall–Kier alpha value is -3.39. The third-order valence-corrected chi connectivity index (χ3v) is 5.42. The van der Waals surface area contributed by atoms with E-state index in [2.05, 4.69) is 5.10 Å². The molecule has 1 fully saturated rings. The molecule has 0 bridgehead atoms. The number of halogens is 2. The molecule has 0 aliphatic carbocycles. The van der Waals surface area contributed by atoms with Crippen LogP contribution in [0.5, 0.6) is 5.75 Å². The molecule has 0 spiro atoms. The first-order valence-corrected chi connectivity index (χ1v) is 10.2. The number of nitrogens with zero attached hydrogens (tertiary/aromatic N) is 4. The Morgan fingerprint density at radius 1 is 1.03 bits per heavy atom. The van der Waals surface area contributed by atoms with E-state index in [0.29, 0.717) is 37.6 Å². The van der Waals surface area contributed by atoms with E-state index in [-0.39, 0.29) is 23.3 Å². The van der Waals surface area contributed by atoms with Crippen molar-refractivity contribution in [3.63, 3.8) is 0 Å². The molecule has 3 aromatic rings. The van der Waals surface area contributed by atoms with Gasteiger partial charge < -0.3 is 14.5 Å². The maximum absolute atomic E-state index is 13.6. The van der Waals surface area contributed by atoms with Crippen molar-refractivity contribution in [3.8, 4) is 11.4 Å². The van der Waals surface area contributed by atoms with Crippen LogP contribution in [0, 0.1) is 5.82 Å². The van der Waals surface area contributed by atoms with E-state index in [0.717, 1.165) is 0 Å². The van der Waals surface area contributed by atoms with Gasteiger partial charge in [-0.1, -0.05) is 41.9 Å². The molecule has 2 aromatic carbocycles. The average Bonchev–Trinajstić information content (AvgIpc) is 2.81. The minimum Gasteiger partial charge on any atom is -0.481 e. The quantitative estimate of drug-likeness (QED) is 0.608. The van der Waals surface area contributed by atoms with E-state index < -0.39 is 11.4 Å². The van der Waals surface area contributed by atoms with Gasteiger partial charge in [-0.15, -0.1) is 0 Å². The summed E-state index contributed by atoms with van der Waals surface area (Å²) in [6.45, 7) is 1.59. The first-order chi connectivity index (χ1) is 15.0. The number of para-hydroxylation sites is 2. The Bertz CT molecular complexity index is 1130. The summed E-state index contributed by atoms with van der Waals surface area (Å²) in [7, 11) is 0. The van der Waals surface area contributed by atoms with Gasteiger partial charge in [0.2, 0.25) is 0 Å². The first kappa shape index (κ1) is 20.9. The molecule has 9 heteroatoms. The molecule has 1 aliphatic rings. The Morgan fingerprint density at radius 2 is 1.71 bits per heavy atom. The maximum Gasteiger partial charge on any atom is 0.292 e. The van der Waals surface area contributed by atoms with E-state index in [1.54, 1.807) is 35.4 Å². The van der Waals surface area contributed by atoms with Crippen LogP contribution < -0.4 is 15.2 Å². The number of aromatic nitrogens is 2. The van der Waals surface area contributed by atoms with Crippen LogP contribution in [0.4, 0.5) is 10.1 Å². The van der Waals surface area contributed by atoms with E-state index >= 15 is 0 Å². The molecule has 0 saturated carbocycles. The van der Waals surface area contributed by atoms with Crippen molar-refractivity contribution in [2.45, 2.75) is 0 Å². The lowest BCUT2D eigenvalue weighted by molar-refractivity contribution is -0.133. The van der Waals surface area contributed by atoms with Gasteiger partial charge in [0, 0.05) is 26.2 Å². The third kappa shape index (κ3) is 4.54. The summed E-state index contributed by atoms with van der Waals surface area (Å²) >= 11 is 6.36. The number of carbonyl (C=O) groups excluding carboxylic acids is 1. The summed E-state index contributed by atoms with van der Waals surface area (Å²) in [6.07, 6.45) is 1.56. The van der Waals surface area contributed by atoms with Crippen molar-refractivity contribution in [1.82, 2.24) is 14.7 Å². The van der Waals surface area contributed by atoms with Gasteiger partial charge in [0.1, 0.15) is 5.02 Å². The van der Waals surface area contributed by atoms with Crippen molar-refractivity contribution in [2.24, 2.45) is 0 Å². The largest absolute Gasteiger partial charge is 0.481 e. The Labute approximate surface area is 183 Å². The highest BCUT2D eigenvalue weighted by Crippen LogP contribution is 2.23. The predicted octanol–water partition coefficient (Wildman–Crippen LogP) is 2.75. The fraction of sp³-hybridized carbons (Fsp3) is 0.227. The third-order valence-electron chi connectivity index (χ3n) is 5.06. The van der Waals surface area contributed by atoms with Crippen molar-refractivity contribution in [3.05, 3.63) is 82.0 Å². The predicted molar refractivity (Wildman–Crippen MR) is 116 cm³/mol. The fourth-order valence-corrected chi connectivity index (χ4v) is 3.64. The molecule has 0 atom stereocenters. The zero-order chi connectivity index (χ0) is 21.8. The summed E-state index contributed by atoms with van der Waals surface area (Å²) in [5.74, 6) is -0.689. The summed E-state index contributed by atoms with van der Waals surface area (Å²) in [5, 5.41) is 4.34. The van der Waals surface area contributed by atoms with Crippen molar-refractivity contribution in [1.29, 1.82) is 0 Å². The van der Waals surface area contributed by atoms with Crippen LogP contribution in [0.3, 0.4) is 0 Å². The normalized spacial score (nSPS) is 13.9. The van der Waals surface area contributed by atoms with Gasteiger partial charge >= 0.3 is 0 Å². The molecule has 1 aromatic heterocycles. The van der Waals surface area contributed by atoms with Crippen molar-refractivity contribution < 1.29 is 13.9 Å². The number of rotatable bonds is 5. The molecule has 4 rings (SSSR count). The summed E-state index contributed by atoms with van der Waals surface area (Å²) in [4.78, 5) is 28.7. The van der Waals surface area contributed by atoms with E-state index in [9.17, 15) is 14.0 Å². The number of hydrogen-bond acceptors (Lipinski definition) is 5. The molecule has 0 N–H and O–H groups in total. The van der Waals surface area contributed by atoms with Crippen LogP contribution in [-0.4, -0.2) is 53.4 Å². The molecule has 2 heterocycles. The zero-order valence-electron chi connectivity index (χ0n) is 16.6. The lowest BCUT2D eigenvalue weighted by atomic mass is 10.2. The summed E-state index contributed by atoms with van der Waals surface area (Å²) < 4.78 is 20.2. The molecule has 160 valence electrons. The highest BCUT2D eigenvalue weighted by Gasteiger charge is 2.24. The standard InChI is InChI=1S/C22H20ClFN4O3/c23-21-18(14-25-28(22(21)30)16-6-2-1-3-7-16)26-10-12-27(13-11-26)20(29)15-31-19-9-5-4-8-17(19)24/h1-9,14H,10-13,15H2. The number of amides is 1. The molecule has 7 nitrogen and oxygen atoms in total. The van der Waals surface area contributed by atoms with E-state index in [1.807, 2.05) is 23.1 Å². The Kier molecular flexibility index (Phi) is 6.18. The monoisotopic (exact) mass is 442 g/mol. The summed E-state index contributed by atoms with van der Waals surface area (Å²) in [6, 6.07) is 15.0. The van der Waals surface area contributed by atoms with Gasteiger partial charge in [-0.2, -0.15) is 9.78 Å².